The number of likely N-dealkylation sites (tertiary alicyclic amines) is 1. The number of aliphatic imine (C=N–C) groups is 1. The Morgan fingerprint density at radius 3 is 2.42 bits per heavy atom. The summed E-state index contributed by atoms with van der Waals surface area (Å²) in [5, 5.41) is 3.12. The van der Waals surface area contributed by atoms with Crippen molar-refractivity contribution < 1.29 is 13.2 Å². The first-order valence-electron chi connectivity index (χ1n) is 11.6. The Bertz CT molecular complexity index is 1110. The van der Waals surface area contributed by atoms with E-state index in [1.54, 1.807) is 24.3 Å². The summed E-state index contributed by atoms with van der Waals surface area (Å²) >= 11 is 0. The highest BCUT2D eigenvalue weighted by molar-refractivity contribution is 7.90. The second-order valence-corrected chi connectivity index (χ2v) is 10.8. The first kappa shape index (κ1) is 23.4. The molecule has 1 fully saturated rings. The van der Waals surface area contributed by atoms with Crippen molar-refractivity contribution in [3.05, 3.63) is 65.7 Å². The molecule has 4 rings (SSSR count). The van der Waals surface area contributed by atoms with Gasteiger partial charge in [0.05, 0.1) is 10.9 Å². The predicted molar refractivity (Wildman–Crippen MR) is 130 cm³/mol. The number of carbonyl (C=O) groups is 1. The van der Waals surface area contributed by atoms with Gasteiger partial charge in [0.25, 0.3) is 10.0 Å². The van der Waals surface area contributed by atoms with Crippen LogP contribution in [0.4, 0.5) is 0 Å². The molecular weight excluding hydrogens is 436 g/mol. The van der Waals surface area contributed by atoms with Gasteiger partial charge in [-0.25, -0.2) is 8.42 Å². The van der Waals surface area contributed by atoms with E-state index in [-0.39, 0.29) is 28.6 Å². The number of amides is 1. The molecule has 1 amide bonds. The Hall–Kier alpha value is -2.71. The highest BCUT2D eigenvalue weighted by Gasteiger charge is 2.32. The SMILES string of the molecule is CC(C)CC(N=C1NS(=O)(=O)c2ccccc21)C(=O)NCC(c1ccccc1)N1CCCC1. The fourth-order valence-corrected chi connectivity index (χ4v) is 5.79. The average Bonchev–Trinajstić information content (AvgIpc) is 3.41. The summed E-state index contributed by atoms with van der Waals surface area (Å²) in [5.41, 5.74) is 1.70. The van der Waals surface area contributed by atoms with Gasteiger partial charge in [-0.2, -0.15) is 0 Å². The Morgan fingerprint density at radius 2 is 1.73 bits per heavy atom. The molecule has 2 atom stereocenters. The second kappa shape index (κ2) is 10.1. The largest absolute Gasteiger partial charge is 0.352 e. The Balaban J connectivity index is 1.54. The lowest BCUT2D eigenvalue weighted by Crippen LogP contribution is -2.41. The van der Waals surface area contributed by atoms with Gasteiger partial charge in [0.15, 0.2) is 0 Å². The molecule has 0 radical (unpaired) electrons. The van der Waals surface area contributed by atoms with E-state index in [0.29, 0.717) is 18.5 Å². The van der Waals surface area contributed by atoms with Gasteiger partial charge in [0, 0.05) is 12.1 Å². The standard InChI is InChI=1S/C25H32N4O3S/c1-18(2)16-21(27-24-20-12-6-7-13-23(20)33(31,32)28-24)25(30)26-17-22(29-14-8-9-15-29)19-10-4-3-5-11-19/h3-7,10-13,18,21-22H,8-9,14-17H2,1-2H3,(H,26,30)(H,27,28). The van der Waals surface area contributed by atoms with Crippen LogP contribution in [0.2, 0.25) is 0 Å². The highest BCUT2D eigenvalue weighted by Crippen LogP contribution is 2.25. The van der Waals surface area contributed by atoms with Crippen LogP contribution in [0.25, 0.3) is 0 Å². The summed E-state index contributed by atoms with van der Waals surface area (Å²) in [5.74, 6) is 0.285. The number of rotatable bonds is 8. The molecule has 2 aliphatic heterocycles. The van der Waals surface area contributed by atoms with Gasteiger partial charge in [0.2, 0.25) is 5.91 Å². The number of amidine groups is 1. The summed E-state index contributed by atoms with van der Waals surface area (Å²) in [6.45, 7) is 6.59. The molecule has 33 heavy (non-hydrogen) atoms. The number of hydrogen-bond acceptors (Lipinski definition) is 5. The van der Waals surface area contributed by atoms with Gasteiger partial charge in [0.1, 0.15) is 11.9 Å². The molecule has 0 spiro atoms. The van der Waals surface area contributed by atoms with Crippen LogP contribution in [0.5, 0.6) is 0 Å². The third-order valence-electron chi connectivity index (χ3n) is 6.18. The molecule has 7 nitrogen and oxygen atoms in total. The maximum absolute atomic E-state index is 13.3. The number of nitrogens with one attached hydrogen (secondary N) is 2. The molecule has 2 N–H and O–H groups in total. The Labute approximate surface area is 196 Å². The van der Waals surface area contributed by atoms with Gasteiger partial charge in [-0.05, 0) is 56.0 Å². The molecule has 0 saturated carbocycles. The number of benzene rings is 2. The lowest BCUT2D eigenvalue weighted by Gasteiger charge is -2.29. The van der Waals surface area contributed by atoms with Crippen LogP contribution in [0.3, 0.4) is 0 Å². The quantitative estimate of drug-likeness (QED) is 0.623. The molecule has 0 aliphatic carbocycles. The van der Waals surface area contributed by atoms with Crippen LogP contribution >= 0.6 is 0 Å². The fraction of sp³-hybridized carbons (Fsp3) is 0.440. The summed E-state index contributed by atoms with van der Waals surface area (Å²) in [6, 6.07) is 16.4. The van der Waals surface area contributed by atoms with E-state index in [1.807, 2.05) is 32.0 Å². The normalized spacial score (nSPS) is 20.4. The van der Waals surface area contributed by atoms with E-state index in [9.17, 15) is 13.2 Å². The second-order valence-electron chi connectivity index (χ2n) is 9.14. The van der Waals surface area contributed by atoms with Crippen molar-refractivity contribution in [1.29, 1.82) is 0 Å². The Kier molecular flexibility index (Phi) is 7.14. The number of nitrogens with zero attached hydrogens (tertiary/aromatic N) is 2. The lowest BCUT2D eigenvalue weighted by atomic mass is 10.0. The number of hydrogen-bond donors (Lipinski definition) is 2. The van der Waals surface area contributed by atoms with E-state index in [1.165, 1.54) is 18.4 Å². The van der Waals surface area contributed by atoms with Crippen molar-refractivity contribution >= 4 is 21.8 Å². The van der Waals surface area contributed by atoms with Crippen LogP contribution in [0.15, 0.2) is 64.5 Å². The zero-order valence-electron chi connectivity index (χ0n) is 19.2. The summed E-state index contributed by atoms with van der Waals surface area (Å²) < 4.78 is 27.4. The monoisotopic (exact) mass is 468 g/mol. The molecule has 176 valence electrons. The smallest absolute Gasteiger partial charge is 0.263 e. The molecule has 1 saturated heterocycles. The van der Waals surface area contributed by atoms with Gasteiger partial charge in [-0.3, -0.25) is 19.4 Å². The van der Waals surface area contributed by atoms with Crippen LogP contribution in [0, 0.1) is 5.92 Å². The van der Waals surface area contributed by atoms with Crippen LogP contribution in [-0.2, 0) is 14.8 Å². The molecule has 8 heteroatoms. The average molecular weight is 469 g/mol. The van der Waals surface area contributed by atoms with Gasteiger partial charge < -0.3 is 5.32 Å². The van der Waals surface area contributed by atoms with E-state index in [2.05, 4.69) is 32.1 Å². The minimum Gasteiger partial charge on any atom is -0.352 e. The maximum Gasteiger partial charge on any atom is 0.263 e. The van der Waals surface area contributed by atoms with Crippen molar-refractivity contribution in [1.82, 2.24) is 14.9 Å². The van der Waals surface area contributed by atoms with Crippen LogP contribution < -0.4 is 10.0 Å². The molecule has 2 heterocycles. The molecule has 2 unspecified atom stereocenters. The summed E-state index contributed by atoms with van der Waals surface area (Å²) in [4.78, 5) is 20.5. The lowest BCUT2D eigenvalue weighted by molar-refractivity contribution is -0.122. The third kappa shape index (κ3) is 5.45. The first-order chi connectivity index (χ1) is 15.8. The van der Waals surface area contributed by atoms with Crippen molar-refractivity contribution in [3.63, 3.8) is 0 Å². The van der Waals surface area contributed by atoms with E-state index in [0.717, 1.165) is 13.1 Å². The maximum atomic E-state index is 13.3. The van der Waals surface area contributed by atoms with E-state index >= 15 is 0 Å². The number of sulfonamides is 1. The molecular formula is C25H32N4O3S. The van der Waals surface area contributed by atoms with E-state index < -0.39 is 16.1 Å². The topological polar surface area (TPSA) is 90.9 Å². The van der Waals surface area contributed by atoms with Crippen molar-refractivity contribution in [2.45, 2.75) is 50.1 Å². The van der Waals surface area contributed by atoms with Crippen molar-refractivity contribution in [2.24, 2.45) is 10.9 Å². The highest BCUT2D eigenvalue weighted by atomic mass is 32.2. The minimum atomic E-state index is -3.65. The number of fused-ring (bicyclic) bond motifs is 1. The van der Waals surface area contributed by atoms with E-state index in [4.69, 9.17) is 0 Å². The van der Waals surface area contributed by atoms with Gasteiger partial charge >= 0.3 is 0 Å². The first-order valence-corrected chi connectivity index (χ1v) is 13.1. The minimum absolute atomic E-state index is 0.107. The zero-order valence-corrected chi connectivity index (χ0v) is 20.0. The Morgan fingerprint density at radius 1 is 1.06 bits per heavy atom. The molecule has 0 aromatic heterocycles. The summed E-state index contributed by atoms with van der Waals surface area (Å²) in [7, 11) is -3.65. The number of carbonyl (C=O) groups excluding carboxylic acids is 1. The predicted octanol–water partition coefficient (Wildman–Crippen LogP) is 3.09. The zero-order chi connectivity index (χ0) is 23.4. The van der Waals surface area contributed by atoms with Gasteiger partial charge in [-0.1, -0.05) is 56.3 Å². The van der Waals surface area contributed by atoms with Crippen LogP contribution in [0.1, 0.15) is 50.3 Å². The molecule has 0 bridgehead atoms. The van der Waals surface area contributed by atoms with Crippen molar-refractivity contribution in [2.75, 3.05) is 19.6 Å². The molecule has 2 aliphatic rings. The van der Waals surface area contributed by atoms with Crippen LogP contribution in [-0.4, -0.2) is 50.7 Å². The van der Waals surface area contributed by atoms with Crippen molar-refractivity contribution in [3.8, 4) is 0 Å². The third-order valence-corrected chi connectivity index (χ3v) is 7.58. The fourth-order valence-electron chi connectivity index (χ4n) is 4.55. The molecule has 2 aromatic carbocycles. The molecule has 2 aromatic rings. The van der Waals surface area contributed by atoms with Gasteiger partial charge in [-0.15, -0.1) is 0 Å². The summed E-state index contributed by atoms with van der Waals surface area (Å²) in [6.07, 6.45) is 2.86.